The van der Waals surface area contributed by atoms with Crippen molar-refractivity contribution in [3.05, 3.63) is 6.33 Å². The van der Waals surface area contributed by atoms with E-state index in [1.54, 1.807) is 0 Å². The second-order valence-electron chi connectivity index (χ2n) is 1.62. The molecule has 2 rings (SSSR count). The molecule has 0 amide bonds. The molecule has 0 aromatic carbocycles. The largest absolute Gasteiger partial charge is 0.177 e. The highest BCUT2D eigenvalue weighted by atomic mass is 15.5. The highest BCUT2D eigenvalue weighted by Crippen LogP contribution is 2.14. The first-order valence-corrected chi connectivity index (χ1v) is 2.66. The molecule has 1 saturated carbocycles. The van der Waals surface area contributed by atoms with Crippen molar-refractivity contribution in [2.45, 2.75) is 19.3 Å². The van der Waals surface area contributed by atoms with Crippen LogP contribution in [0, 0.1) is 0 Å². The molecule has 0 aliphatic heterocycles. The molecule has 1 fully saturated rings. The third-order valence-corrected chi connectivity index (χ3v) is 0.623. The van der Waals surface area contributed by atoms with Crippen molar-refractivity contribution < 1.29 is 0 Å². The molecule has 0 atom stereocenters. The molecule has 1 N–H and O–H groups in total. The van der Waals surface area contributed by atoms with Crippen LogP contribution in [0.15, 0.2) is 6.33 Å². The Hall–Kier alpha value is -0.930. The number of aromatic nitrogens is 4. The topological polar surface area (TPSA) is 54.5 Å². The maximum absolute atomic E-state index is 3.38. The lowest BCUT2D eigenvalue weighted by molar-refractivity contribution is 0.881. The molecule has 44 valence electrons. The fourth-order valence-corrected chi connectivity index (χ4v) is 0.129. The van der Waals surface area contributed by atoms with Gasteiger partial charge in [-0.25, -0.2) is 0 Å². The van der Waals surface area contributed by atoms with Gasteiger partial charge in [-0.3, -0.25) is 0 Å². The van der Waals surface area contributed by atoms with Crippen molar-refractivity contribution in [1.82, 2.24) is 20.6 Å². The molecule has 1 aromatic heterocycles. The molecule has 0 bridgehead atoms. The maximum atomic E-state index is 3.38. The summed E-state index contributed by atoms with van der Waals surface area (Å²) in [7, 11) is 0. The van der Waals surface area contributed by atoms with E-state index in [1.165, 1.54) is 25.6 Å². The first-order valence-electron chi connectivity index (χ1n) is 2.66. The monoisotopic (exact) mass is 112 g/mol. The van der Waals surface area contributed by atoms with Gasteiger partial charge in [0.15, 0.2) is 6.33 Å². The second-order valence-corrected chi connectivity index (χ2v) is 1.62. The van der Waals surface area contributed by atoms with E-state index in [0.29, 0.717) is 0 Å². The molecule has 0 unspecified atom stereocenters. The van der Waals surface area contributed by atoms with Crippen molar-refractivity contribution in [1.29, 1.82) is 0 Å². The standard InChI is InChI=1S/C3H6.CH2N4/c1-2-3-1;1-2-4-5-3-1/h1-3H2;1H,(H,2,3,4,5). The van der Waals surface area contributed by atoms with Gasteiger partial charge in [0, 0.05) is 0 Å². The Morgan fingerprint density at radius 3 is 2.12 bits per heavy atom. The van der Waals surface area contributed by atoms with E-state index in [2.05, 4.69) is 20.6 Å². The van der Waals surface area contributed by atoms with Gasteiger partial charge in [0.1, 0.15) is 0 Å². The maximum Gasteiger partial charge on any atom is 0.161 e. The van der Waals surface area contributed by atoms with Crippen LogP contribution in [-0.2, 0) is 0 Å². The third-order valence-electron chi connectivity index (χ3n) is 0.623. The van der Waals surface area contributed by atoms with E-state index in [9.17, 15) is 0 Å². The molecule has 1 aliphatic carbocycles. The fraction of sp³-hybridized carbons (Fsp3) is 0.750. The third kappa shape index (κ3) is 3.27. The molecular weight excluding hydrogens is 104 g/mol. The van der Waals surface area contributed by atoms with Gasteiger partial charge < -0.3 is 0 Å². The van der Waals surface area contributed by atoms with Crippen molar-refractivity contribution in [2.24, 2.45) is 0 Å². The Bertz CT molecular complexity index is 91.6. The fourth-order valence-electron chi connectivity index (χ4n) is 0.129. The summed E-state index contributed by atoms with van der Waals surface area (Å²) >= 11 is 0. The Morgan fingerprint density at radius 2 is 2.00 bits per heavy atom. The number of tetrazole rings is 1. The summed E-state index contributed by atoms with van der Waals surface area (Å²) in [6, 6.07) is 0. The van der Waals surface area contributed by atoms with Gasteiger partial charge in [0.05, 0.1) is 0 Å². The number of hydrogen-bond acceptors (Lipinski definition) is 3. The normalized spacial score (nSPS) is 14.0. The molecule has 0 saturated heterocycles. The first kappa shape index (κ1) is 5.21. The summed E-state index contributed by atoms with van der Waals surface area (Å²) < 4.78 is 0. The van der Waals surface area contributed by atoms with E-state index >= 15 is 0 Å². The number of rotatable bonds is 0. The zero-order chi connectivity index (χ0) is 5.66. The lowest BCUT2D eigenvalue weighted by atomic mass is 11.0. The van der Waals surface area contributed by atoms with Gasteiger partial charge in [-0.05, 0) is 0 Å². The first-order chi connectivity index (χ1) is 4.00. The van der Waals surface area contributed by atoms with E-state index in [-0.39, 0.29) is 0 Å². The van der Waals surface area contributed by atoms with Crippen LogP contribution in [0.5, 0.6) is 0 Å². The van der Waals surface area contributed by atoms with Crippen LogP contribution in [0.1, 0.15) is 19.3 Å². The molecule has 8 heavy (non-hydrogen) atoms. The number of aromatic amines is 1. The average molecular weight is 112 g/mol. The Labute approximate surface area is 47.3 Å². The average Bonchev–Trinajstić information content (AvgIpc) is 2.55. The van der Waals surface area contributed by atoms with Crippen LogP contribution < -0.4 is 0 Å². The van der Waals surface area contributed by atoms with Gasteiger partial charge >= 0.3 is 0 Å². The molecule has 1 aliphatic rings. The van der Waals surface area contributed by atoms with Crippen LogP contribution in [0.2, 0.25) is 0 Å². The lowest BCUT2D eigenvalue weighted by Gasteiger charge is -1.44. The SMILES string of the molecule is C1CC1.c1nn[nH]n1. The summed E-state index contributed by atoms with van der Waals surface area (Å²) in [5.41, 5.74) is 0. The Balaban J connectivity index is 0.0000000907. The quantitative estimate of drug-likeness (QED) is 0.527. The lowest BCUT2D eigenvalue weighted by Crippen LogP contribution is -1.64. The van der Waals surface area contributed by atoms with Gasteiger partial charge in [-0.1, -0.05) is 24.5 Å². The van der Waals surface area contributed by atoms with E-state index in [4.69, 9.17) is 0 Å². The Kier molecular flexibility index (Phi) is 2.03. The molecule has 0 spiro atoms. The smallest absolute Gasteiger partial charge is 0.161 e. The number of H-pyrrole nitrogens is 1. The summed E-state index contributed by atoms with van der Waals surface area (Å²) in [6.45, 7) is 0. The zero-order valence-corrected chi connectivity index (χ0v) is 4.54. The molecule has 1 aromatic rings. The van der Waals surface area contributed by atoms with Crippen LogP contribution in [0.25, 0.3) is 0 Å². The van der Waals surface area contributed by atoms with Crippen LogP contribution in [0.4, 0.5) is 0 Å². The molecule has 4 heteroatoms. The summed E-state index contributed by atoms with van der Waals surface area (Å²) in [6.07, 6.45) is 5.83. The van der Waals surface area contributed by atoms with E-state index < -0.39 is 0 Å². The summed E-state index contributed by atoms with van der Waals surface area (Å²) in [4.78, 5) is 0. The summed E-state index contributed by atoms with van der Waals surface area (Å²) in [5.74, 6) is 0. The van der Waals surface area contributed by atoms with Gasteiger partial charge in [-0.2, -0.15) is 5.21 Å². The van der Waals surface area contributed by atoms with Gasteiger partial charge in [0.2, 0.25) is 0 Å². The zero-order valence-electron chi connectivity index (χ0n) is 4.54. The minimum Gasteiger partial charge on any atom is -0.177 e. The van der Waals surface area contributed by atoms with Gasteiger partial charge in [-0.15, -0.1) is 10.2 Å². The van der Waals surface area contributed by atoms with Crippen LogP contribution in [0.3, 0.4) is 0 Å². The number of nitrogens with one attached hydrogen (secondary N) is 1. The number of hydrogen-bond donors (Lipinski definition) is 1. The van der Waals surface area contributed by atoms with Crippen molar-refractivity contribution in [2.75, 3.05) is 0 Å². The van der Waals surface area contributed by atoms with E-state index in [0.717, 1.165) is 0 Å². The minimum atomic E-state index is 1.33. The van der Waals surface area contributed by atoms with Crippen molar-refractivity contribution in [3.8, 4) is 0 Å². The second kappa shape index (κ2) is 3.12. The predicted octanol–water partition coefficient (Wildman–Crippen LogP) is 0.370. The molecule has 4 nitrogen and oxygen atoms in total. The van der Waals surface area contributed by atoms with Crippen molar-refractivity contribution in [3.63, 3.8) is 0 Å². The molecular formula is C4H8N4. The minimum absolute atomic E-state index is 1.33. The Morgan fingerprint density at radius 1 is 1.25 bits per heavy atom. The van der Waals surface area contributed by atoms with Gasteiger partial charge in [0.25, 0.3) is 0 Å². The highest BCUT2D eigenvalue weighted by Gasteiger charge is 1.95. The van der Waals surface area contributed by atoms with E-state index in [1.807, 2.05) is 0 Å². The molecule has 0 radical (unpaired) electrons. The van der Waals surface area contributed by atoms with Crippen molar-refractivity contribution >= 4 is 0 Å². The predicted molar refractivity (Wildman–Crippen MR) is 28.0 cm³/mol. The highest BCUT2D eigenvalue weighted by molar-refractivity contribution is 4.50. The number of nitrogens with zero attached hydrogens (tertiary/aromatic N) is 3. The van der Waals surface area contributed by atoms with Crippen LogP contribution >= 0.6 is 0 Å². The van der Waals surface area contributed by atoms with Crippen LogP contribution in [-0.4, -0.2) is 20.6 Å². The molecule has 1 heterocycles. The summed E-state index contributed by atoms with van der Waals surface area (Å²) in [5, 5.41) is 12.2.